The number of benzene rings is 1. The van der Waals surface area contributed by atoms with Gasteiger partial charge in [-0.05, 0) is 31.4 Å². The Morgan fingerprint density at radius 2 is 2.08 bits per heavy atom. The van der Waals surface area contributed by atoms with Gasteiger partial charge in [-0.15, -0.1) is 0 Å². The molecule has 1 aromatic heterocycles. The molecule has 0 unspecified atom stereocenters. The second-order valence-electron chi connectivity index (χ2n) is 5.47. The third-order valence-corrected chi connectivity index (χ3v) is 4.49. The average Bonchev–Trinajstić information content (AvgIpc) is 2.62. The van der Waals surface area contributed by atoms with E-state index in [9.17, 15) is 9.59 Å². The quantitative estimate of drug-likeness (QED) is 0.436. The van der Waals surface area contributed by atoms with Crippen molar-refractivity contribution in [2.75, 3.05) is 23.4 Å². The molecule has 0 fully saturated rings. The number of hydrogen-bond donors (Lipinski definition) is 2. The second-order valence-corrected chi connectivity index (χ2v) is 6.41. The number of hydrogen-bond acceptors (Lipinski definition) is 7. The maximum atomic E-state index is 12.3. The summed E-state index contributed by atoms with van der Waals surface area (Å²) in [6.45, 7) is 5.95. The van der Waals surface area contributed by atoms with Crippen molar-refractivity contribution in [2.45, 2.75) is 32.3 Å². The van der Waals surface area contributed by atoms with Crippen molar-refractivity contribution in [3.05, 3.63) is 41.1 Å². The summed E-state index contributed by atoms with van der Waals surface area (Å²) in [5.74, 6) is -0.550. The van der Waals surface area contributed by atoms with Gasteiger partial charge in [0, 0.05) is 11.9 Å². The number of aryl methyl sites for hydroxylation is 2. The summed E-state index contributed by atoms with van der Waals surface area (Å²) in [5, 5.41) is 3.27. The van der Waals surface area contributed by atoms with Gasteiger partial charge in [-0.2, -0.15) is 0 Å². The lowest BCUT2D eigenvalue weighted by Gasteiger charge is -2.12. The van der Waals surface area contributed by atoms with Crippen LogP contribution >= 0.6 is 11.8 Å². The number of esters is 1. The van der Waals surface area contributed by atoms with E-state index >= 15 is 0 Å². The number of nitrogens with one attached hydrogen (secondary N) is 1. The number of rotatable bonds is 7. The number of amides is 1. The largest absolute Gasteiger partial charge is 0.462 e. The van der Waals surface area contributed by atoms with Gasteiger partial charge in [-0.25, -0.2) is 14.8 Å². The Balaban J connectivity index is 2.00. The van der Waals surface area contributed by atoms with Crippen molar-refractivity contribution in [3.63, 3.8) is 0 Å². The van der Waals surface area contributed by atoms with Gasteiger partial charge in [0.1, 0.15) is 11.4 Å². The van der Waals surface area contributed by atoms with E-state index in [-0.39, 0.29) is 29.6 Å². The number of nitrogen functional groups attached to an aromatic ring is 1. The Labute approximate surface area is 156 Å². The summed E-state index contributed by atoms with van der Waals surface area (Å²) >= 11 is 1.15. The van der Waals surface area contributed by atoms with E-state index in [0.717, 1.165) is 35.0 Å². The number of anilines is 2. The highest BCUT2D eigenvalue weighted by Crippen LogP contribution is 2.22. The summed E-state index contributed by atoms with van der Waals surface area (Å²) < 4.78 is 4.88. The lowest BCUT2D eigenvalue weighted by Crippen LogP contribution is -2.17. The maximum absolute atomic E-state index is 12.3. The minimum atomic E-state index is -0.564. The molecule has 1 heterocycles. The van der Waals surface area contributed by atoms with Gasteiger partial charge in [0.05, 0.1) is 12.4 Å². The van der Waals surface area contributed by atoms with Crippen molar-refractivity contribution in [1.82, 2.24) is 9.97 Å². The van der Waals surface area contributed by atoms with Gasteiger partial charge in [-0.1, -0.05) is 36.9 Å². The van der Waals surface area contributed by atoms with E-state index in [1.165, 1.54) is 6.20 Å². The summed E-state index contributed by atoms with van der Waals surface area (Å²) in [7, 11) is 0. The molecule has 7 nitrogen and oxygen atoms in total. The SMILES string of the molecule is CCOC(=O)c1cnc(SCC(=O)Nc2c(C)cccc2CC)nc1N. The molecule has 0 spiro atoms. The Hall–Kier alpha value is -2.61. The van der Waals surface area contributed by atoms with Crippen LogP contribution in [0.1, 0.15) is 35.3 Å². The molecule has 0 aliphatic heterocycles. The predicted octanol–water partition coefficient (Wildman–Crippen LogP) is 2.84. The molecule has 0 atom stereocenters. The van der Waals surface area contributed by atoms with Crippen molar-refractivity contribution in [1.29, 1.82) is 0 Å². The van der Waals surface area contributed by atoms with Crippen molar-refractivity contribution >= 4 is 35.1 Å². The molecule has 0 radical (unpaired) electrons. The highest BCUT2D eigenvalue weighted by molar-refractivity contribution is 7.99. The van der Waals surface area contributed by atoms with Crippen LogP contribution < -0.4 is 11.1 Å². The van der Waals surface area contributed by atoms with Crippen LogP contribution in [0.25, 0.3) is 0 Å². The van der Waals surface area contributed by atoms with Gasteiger partial charge in [0.15, 0.2) is 5.16 Å². The third-order valence-electron chi connectivity index (χ3n) is 3.63. The van der Waals surface area contributed by atoms with Crippen molar-refractivity contribution in [2.24, 2.45) is 0 Å². The first-order valence-electron chi connectivity index (χ1n) is 8.27. The number of para-hydroxylation sites is 1. The molecule has 138 valence electrons. The lowest BCUT2D eigenvalue weighted by atomic mass is 10.1. The molecule has 8 heteroatoms. The first kappa shape index (κ1) is 19.7. The first-order chi connectivity index (χ1) is 12.5. The molecule has 2 rings (SSSR count). The van der Waals surface area contributed by atoms with E-state index in [2.05, 4.69) is 15.3 Å². The molecule has 3 N–H and O–H groups in total. The zero-order valence-corrected chi connectivity index (χ0v) is 15.9. The second kappa shape index (κ2) is 9.19. The van der Waals surface area contributed by atoms with Gasteiger partial charge in [0.2, 0.25) is 5.91 Å². The fourth-order valence-corrected chi connectivity index (χ4v) is 2.94. The summed E-state index contributed by atoms with van der Waals surface area (Å²) in [6.07, 6.45) is 2.15. The molecule has 1 amide bonds. The lowest BCUT2D eigenvalue weighted by molar-refractivity contribution is -0.113. The van der Waals surface area contributed by atoms with Crippen LogP contribution in [0.5, 0.6) is 0 Å². The molecule has 0 aliphatic carbocycles. The van der Waals surface area contributed by atoms with Crippen LogP contribution in [0.4, 0.5) is 11.5 Å². The number of nitrogens with zero attached hydrogens (tertiary/aromatic N) is 2. The fraction of sp³-hybridized carbons (Fsp3) is 0.333. The van der Waals surface area contributed by atoms with Crippen LogP contribution in [0, 0.1) is 6.92 Å². The number of nitrogens with two attached hydrogens (primary N) is 1. The van der Waals surface area contributed by atoms with Crippen LogP contribution in [0.3, 0.4) is 0 Å². The van der Waals surface area contributed by atoms with Crippen LogP contribution in [0.2, 0.25) is 0 Å². The predicted molar refractivity (Wildman–Crippen MR) is 102 cm³/mol. The van der Waals surface area contributed by atoms with Gasteiger partial charge >= 0.3 is 5.97 Å². The van der Waals surface area contributed by atoms with E-state index < -0.39 is 5.97 Å². The Bertz CT molecular complexity index is 811. The number of thioether (sulfide) groups is 1. The monoisotopic (exact) mass is 374 g/mol. The Morgan fingerprint density at radius 1 is 1.31 bits per heavy atom. The molecule has 1 aromatic carbocycles. The van der Waals surface area contributed by atoms with Crippen LogP contribution in [-0.2, 0) is 16.0 Å². The van der Waals surface area contributed by atoms with Crippen LogP contribution in [-0.4, -0.2) is 34.2 Å². The molecule has 0 aliphatic rings. The molecule has 0 saturated heterocycles. The molecular formula is C18H22N4O3S. The number of aromatic nitrogens is 2. The van der Waals surface area contributed by atoms with E-state index in [4.69, 9.17) is 10.5 Å². The third kappa shape index (κ3) is 4.95. The van der Waals surface area contributed by atoms with E-state index in [1.54, 1.807) is 6.92 Å². The summed E-state index contributed by atoms with van der Waals surface area (Å²) in [5.41, 5.74) is 8.84. The average molecular weight is 374 g/mol. The Kier molecular flexibility index (Phi) is 6.97. The number of ether oxygens (including phenoxy) is 1. The minimum Gasteiger partial charge on any atom is -0.462 e. The van der Waals surface area contributed by atoms with Gasteiger partial charge in [-0.3, -0.25) is 4.79 Å². The van der Waals surface area contributed by atoms with Crippen molar-refractivity contribution in [3.8, 4) is 0 Å². The molecule has 0 saturated carbocycles. The van der Waals surface area contributed by atoms with Crippen molar-refractivity contribution < 1.29 is 14.3 Å². The summed E-state index contributed by atoms with van der Waals surface area (Å²) in [4.78, 5) is 32.1. The first-order valence-corrected chi connectivity index (χ1v) is 9.25. The van der Waals surface area contributed by atoms with Crippen LogP contribution in [0.15, 0.2) is 29.6 Å². The van der Waals surface area contributed by atoms with E-state index in [0.29, 0.717) is 5.16 Å². The minimum absolute atomic E-state index is 0.0357. The molecule has 0 bridgehead atoms. The highest BCUT2D eigenvalue weighted by atomic mass is 32.2. The number of carbonyl (C=O) groups is 2. The molecule has 26 heavy (non-hydrogen) atoms. The van der Waals surface area contributed by atoms with E-state index in [1.807, 2.05) is 32.0 Å². The van der Waals surface area contributed by atoms with Gasteiger partial charge < -0.3 is 15.8 Å². The maximum Gasteiger partial charge on any atom is 0.343 e. The molecular weight excluding hydrogens is 352 g/mol. The Morgan fingerprint density at radius 3 is 2.73 bits per heavy atom. The number of carbonyl (C=O) groups excluding carboxylic acids is 2. The molecule has 2 aromatic rings. The fourth-order valence-electron chi connectivity index (χ4n) is 2.32. The topological polar surface area (TPSA) is 107 Å². The van der Waals surface area contributed by atoms with Gasteiger partial charge in [0.25, 0.3) is 0 Å². The smallest absolute Gasteiger partial charge is 0.343 e. The summed E-state index contributed by atoms with van der Waals surface area (Å²) in [6, 6.07) is 5.92. The zero-order chi connectivity index (χ0) is 19.1. The standard InChI is InChI=1S/C18H22N4O3S/c1-4-12-8-6-7-11(3)15(12)21-14(23)10-26-18-20-9-13(16(19)22-18)17(24)25-5-2/h6-9H,4-5,10H2,1-3H3,(H,21,23)(H2,19,20,22). The highest BCUT2D eigenvalue weighted by Gasteiger charge is 2.15. The zero-order valence-electron chi connectivity index (χ0n) is 15.0. The normalized spacial score (nSPS) is 10.4.